The Balaban J connectivity index is 1.55. The molecule has 23 heavy (non-hydrogen) atoms. The lowest BCUT2D eigenvalue weighted by Gasteiger charge is -2.41. The smallest absolute Gasteiger partial charge is 0.289 e. The van der Waals surface area contributed by atoms with Gasteiger partial charge in [-0.25, -0.2) is 19.4 Å². The van der Waals surface area contributed by atoms with Gasteiger partial charge in [-0.15, -0.1) is 0 Å². The maximum Gasteiger partial charge on any atom is 0.289 e. The third-order valence-corrected chi connectivity index (χ3v) is 4.20. The average Bonchev–Trinajstić information content (AvgIpc) is 2.48. The average molecular weight is 383 g/mol. The summed E-state index contributed by atoms with van der Waals surface area (Å²) < 4.78 is 14.2. The molecule has 1 aromatic rings. The lowest BCUT2D eigenvalue weighted by Crippen LogP contribution is -2.52. The third kappa shape index (κ3) is 3.39. The minimum Gasteiger partial charge on any atom is -0.343 e. The van der Waals surface area contributed by atoms with Crippen molar-refractivity contribution in [3.05, 3.63) is 16.9 Å². The topological polar surface area (TPSA) is 74.1 Å². The molecule has 1 unspecified atom stereocenters. The van der Waals surface area contributed by atoms with Gasteiger partial charge in [-0.2, -0.15) is 4.99 Å². The minimum absolute atomic E-state index is 0.158. The number of aliphatic imine (C=N–C) groups is 2. The molecule has 0 N–H and O–H groups in total. The zero-order chi connectivity index (χ0) is 16.6. The van der Waals surface area contributed by atoms with Crippen molar-refractivity contribution in [1.82, 2.24) is 14.9 Å². The van der Waals surface area contributed by atoms with E-state index in [9.17, 15) is 9.18 Å². The van der Waals surface area contributed by atoms with Gasteiger partial charge >= 0.3 is 0 Å². The Bertz CT molecular complexity index is 670. The minimum atomic E-state index is -1.71. The van der Waals surface area contributed by atoms with Crippen molar-refractivity contribution in [2.75, 3.05) is 31.6 Å². The maximum atomic E-state index is 13.4. The largest absolute Gasteiger partial charge is 0.343 e. The lowest BCUT2D eigenvalue weighted by molar-refractivity contribution is -0.120. The number of rotatable bonds is 3. The molecule has 1 atom stereocenters. The van der Waals surface area contributed by atoms with Gasteiger partial charge < -0.3 is 9.80 Å². The molecule has 0 bridgehead atoms. The predicted molar refractivity (Wildman–Crippen MR) is 88.5 cm³/mol. The molecule has 122 valence electrons. The molecule has 1 fully saturated rings. The van der Waals surface area contributed by atoms with Crippen LogP contribution in [0.25, 0.3) is 0 Å². The van der Waals surface area contributed by atoms with E-state index in [1.807, 2.05) is 0 Å². The number of carbonyl (C=O) groups excluding carboxylic acids is 1. The molecule has 7 nitrogen and oxygen atoms in total. The van der Waals surface area contributed by atoms with Crippen molar-refractivity contribution in [3.8, 4) is 0 Å². The van der Waals surface area contributed by atoms with E-state index in [4.69, 9.17) is 0 Å². The van der Waals surface area contributed by atoms with Gasteiger partial charge in [-0.05, 0) is 22.9 Å². The van der Waals surface area contributed by atoms with Crippen LogP contribution in [0.4, 0.5) is 10.3 Å². The highest BCUT2D eigenvalue weighted by molar-refractivity contribution is 9.10. The second kappa shape index (κ2) is 6.31. The first kappa shape index (κ1) is 16.0. The number of hydrogen-bond acceptors (Lipinski definition) is 6. The van der Waals surface area contributed by atoms with Gasteiger partial charge in [0.2, 0.25) is 18.1 Å². The number of halogens is 2. The van der Waals surface area contributed by atoms with Crippen molar-refractivity contribution in [3.63, 3.8) is 0 Å². The van der Waals surface area contributed by atoms with E-state index < -0.39 is 12.1 Å². The summed E-state index contributed by atoms with van der Waals surface area (Å²) in [6.45, 7) is 3.83. The molecule has 2 aliphatic heterocycles. The maximum absolute atomic E-state index is 13.4. The highest BCUT2D eigenvalue weighted by Gasteiger charge is 2.32. The zero-order valence-electron chi connectivity index (χ0n) is 12.8. The summed E-state index contributed by atoms with van der Waals surface area (Å²) in [6, 6.07) is 0. The number of carbonyl (C=O) groups is 1. The predicted octanol–water partition coefficient (Wildman–Crippen LogP) is 1.30. The summed E-state index contributed by atoms with van der Waals surface area (Å²) in [4.78, 5) is 31.6. The Morgan fingerprint density at radius 2 is 2.00 bits per heavy atom. The van der Waals surface area contributed by atoms with Crippen LogP contribution in [0, 0.1) is 5.92 Å². The van der Waals surface area contributed by atoms with Crippen LogP contribution in [0.3, 0.4) is 0 Å². The summed E-state index contributed by atoms with van der Waals surface area (Å²) >= 11 is 3.31. The van der Waals surface area contributed by atoms with Gasteiger partial charge in [0.25, 0.3) is 5.91 Å². The number of nitrogens with zero attached hydrogens (tertiary/aromatic N) is 6. The quantitative estimate of drug-likeness (QED) is 0.787. The number of guanidine groups is 1. The fourth-order valence-corrected chi connectivity index (χ4v) is 2.74. The molecule has 0 spiro atoms. The number of aromatic nitrogens is 2. The molecule has 3 rings (SSSR count). The van der Waals surface area contributed by atoms with Crippen molar-refractivity contribution < 1.29 is 9.18 Å². The summed E-state index contributed by atoms with van der Waals surface area (Å²) in [6.07, 6.45) is 1.73. The fraction of sp³-hybridized carbons (Fsp3) is 0.500. The van der Waals surface area contributed by atoms with Crippen molar-refractivity contribution in [2.24, 2.45) is 15.9 Å². The van der Waals surface area contributed by atoms with E-state index in [1.54, 1.807) is 24.3 Å². The summed E-state index contributed by atoms with van der Waals surface area (Å²) in [5.74, 6) is 0.590. The van der Waals surface area contributed by atoms with Crippen LogP contribution in [0.1, 0.15) is 6.92 Å². The van der Waals surface area contributed by atoms with Gasteiger partial charge in [0.1, 0.15) is 0 Å². The first-order valence-corrected chi connectivity index (χ1v) is 7.98. The molecule has 1 aromatic heterocycles. The molecule has 1 saturated heterocycles. The first-order valence-electron chi connectivity index (χ1n) is 7.19. The summed E-state index contributed by atoms with van der Waals surface area (Å²) in [5.41, 5.74) is 0.158. The Kier molecular flexibility index (Phi) is 4.38. The van der Waals surface area contributed by atoms with Crippen LogP contribution in [0.15, 0.2) is 26.9 Å². The number of alkyl halides is 1. The van der Waals surface area contributed by atoms with Gasteiger partial charge in [-0.1, -0.05) is 0 Å². The second-order valence-electron chi connectivity index (χ2n) is 5.72. The molecule has 3 heterocycles. The molecule has 0 saturated carbocycles. The van der Waals surface area contributed by atoms with Gasteiger partial charge in [0.05, 0.1) is 10.2 Å². The summed E-state index contributed by atoms with van der Waals surface area (Å²) in [5, 5.41) is 0. The van der Waals surface area contributed by atoms with Crippen LogP contribution < -0.4 is 4.90 Å². The third-order valence-electron chi connectivity index (χ3n) is 3.79. The van der Waals surface area contributed by atoms with Crippen molar-refractivity contribution in [2.45, 2.75) is 13.1 Å². The van der Waals surface area contributed by atoms with Crippen LogP contribution in [-0.4, -0.2) is 65.3 Å². The Labute approximate surface area is 141 Å². The number of hydrogen-bond donors (Lipinski definition) is 0. The van der Waals surface area contributed by atoms with E-state index >= 15 is 0 Å². The molecule has 0 radical (unpaired) electrons. The van der Waals surface area contributed by atoms with Gasteiger partial charge in [-0.3, -0.25) is 4.79 Å². The van der Waals surface area contributed by atoms with Crippen LogP contribution >= 0.6 is 15.9 Å². The van der Waals surface area contributed by atoms with Crippen molar-refractivity contribution >= 4 is 39.5 Å². The van der Waals surface area contributed by atoms with Gasteiger partial charge in [0.15, 0.2) is 0 Å². The van der Waals surface area contributed by atoms with Crippen LogP contribution in [0.2, 0.25) is 0 Å². The van der Waals surface area contributed by atoms with Gasteiger partial charge in [0, 0.05) is 45.0 Å². The van der Waals surface area contributed by atoms with E-state index in [1.165, 1.54) is 6.92 Å². The Morgan fingerprint density at radius 3 is 2.61 bits per heavy atom. The second-order valence-corrected chi connectivity index (χ2v) is 6.63. The van der Waals surface area contributed by atoms with E-state index in [-0.39, 0.29) is 11.7 Å². The molecular weight excluding hydrogens is 367 g/mol. The normalized spacial score (nSPS) is 21.7. The van der Waals surface area contributed by atoms with Crippen LogP contribution in [-0.2, 0) is 4.79 Å². The van der Waals surface area contributed by atoms with Crippen LogP contribution in [0.5, 0.6) is 0 Å². The molecule has 0 aliphatic carbocycles. The van der Waals surface area contributed by atoms with E-state index in [0.29, 0.717) is 18.4 Å². The number of anilines is 1. The summed E-state index contributed by atoms with van der Waals surface area (Å²) in [7, 11) is 1.81. The molecule has 9 heteroatoms. The highest BCUT2D eigenvalue weighted by Crippen LogP contribution is 2.22. The molecule has 1 amide bonds. The standard InChI is InChI=1S/C14H16BrFN6O/c1-8-11(16)12(23)20-14(19-8)21(2)5-9-6-22(7-9)13-17-3-10(15)4-18-13/h3-4,9,11H,5-7H2,1-2H3. The van der Waals surface area contributed by atoms with Crippen molar-refractivity contribution in [1.29, 1.82) is 0 Å². The molecular formula is C14H16BrFN6O. The van der Waals surface area contributed by atoms with E-state index in [0.717, 1.165) is 17.6 Å². The molecule has 0 aromatic carbocycles. The zero-order valence-corrected chi connectivity index (χ0v) is 14.4. The van der Waals surface area contributed by atoms with E-state index in [2.05, 4.69) is 40.8 Å². The molecule has 2 aliphatic rings. The Hall–Kier alpha value is -1.90. The number of amides is 1. The highest BCUT2D eigenvalue weighted by atomic mass is 79.9. The fourth-order valence-electron chi connectivity index (χ4n) is 2.53. The Morgan fingerprint density at radius 1 is 1.35 bits per heavy atom. The monoisotopic (exact) mass is 382 g/mol. The lowest BCUT2D eigenvalue weighted by atomic mass is 10.0. The first-order chi connectivity index (χ1) is 10.9. The SMILES string of the molecule is CC1=NC(N(C)CC2CN(c3ncc(Br)cn3)C2)=NC(=O)C1F.